The first-order valence-electron chi connectivity index (χ1n) is 20.7. The van der Waals surface area contributed by atoms with Crippen molar-refractivity contribution in [2.75, 3.05) is 20.3 Å². The van der Waals surface area contributed by atoms with Crippen molar-refractivity contribution in [3.05, 3.63) is 179 Å². The molecule has 0 bridgehead atoms. The minimum Gasteiger partial charge on any atom is -0.424 e. The van der Waals surface area contributed by atoms with E-state index in [1.165, 1.54) is 0 Å². The molecule has 3 aliphatic rings. The van der Waals surface area contributed by atoms with Gasteiger partial charge in [-0.15, -0.1) is 0 Å². The largest absolute Gasteiger partial charge is 0.509 e. The van der Waals surface area contributed by atoms with Gasteiger partial charge in [-0.05, 0) is 27.8 Å². The highest BCUT2D eigenvalue weighted by atomic mass is 16.8. The number of benzene rings is 5. The lowest BCUT2D eigenvalue weighted by atomic mass is 9.97. The summed E-state index contributed by atoms with van der Waals surface area (Å²) in [6.45, 7) is 1.49. The van der Waals surface area contributed by atoms with Gasteiger partial charge < -0.3 is 52.1 Å². The van der Waals surface area contributed by atoms with Crippen molar-refractivity contribution >= 4 is 6.16 Å². The minimum absolute atomic E-state index is 0.0610. The van der Waals surface area contributed by atoms with Crippen LogP contribution in [0.15, 0.2) is 152 Å². The van der Waals surface area contributed by atoms with Crippen LogP contribution in [-0.2, 0) is 85.1 Å². The minimum atomic E-state index is -1.08. The molecule has 0 spiro atoms. The van der Waals surface area contributed by atoms with E-state index in [0.29, 0.717) is 6.61 Å². The van der Waals surface area contributed by atoms with Crippen LogP contribution in [0.2, 0.25) is 0 Å². The van der Waals surface area contributed by atoms with E-state index in [0.717, 1.165) is 27.8 Å². The molecule has 5 aromatic carbocycles. The maximum absolute atomic E-state index is 12.8. The number of fused-ring (bicyclic) bond motifs is 1. The van der Waals surface area contributed by atoms with Crippen molar-refractivity contribution in [1.29, 1.82) is 0 Å². The normalized spacial score (nSPS) is 27.2. The second-order valence-electron chi connectivity index (χ2n) is 15.1. The first kappa shape index (κ1) is 42.7. The fourth-order valence-electron chi connectivity index (χ4n) is 7.75. The van der Waals surface area contributed by atoms with Gasteiger partial charge in [-0.3, -0.25) is 0 Å². The molecule has 5 aromatic rings. The van der Waals surface area contributed by atoms with Gasteiger partial charge >= 0.3 is 6.16 Å². The van der Waals surface area contributed by atoms with Crippen LogP contribution in [-0.4, -0.2) is 87.9 Å². The van der Waals surface area contributed by atoms with Gasteiger partial charge in [0.1, 0.15) is 36.6 Å². The Bertz CT molecular complexity index is 2030. The van der Waals surface area contributed by atoms with Crippen LogP contribution in [0.3, 0.4) is 0 Å². The Morgan fingerprint density at radius 2 is 0.803 bits per heavy atom. The highest BCUT2D eigenvalue weighted by Crippen LogP contribution is 2.36. The van der Waals surface area contributed by atoms with Crippen molar-refractivity contribution in [2.24, 2.45) is 0 Å². The van der Waals surface area contributed by atoms with Gasteiger partial charge in [-0.25, -0.2) is 4.79 Å². The van der Waals surface area contributed by atoms with Gasteiger partial charge in [-0.1, -0.05) is 152 Å². The highest BCUT2D eigenvalue weighted by Gasteiger charge is 2.56. The molecule has 3 saturated heterocycles. The van der Waals surface area contributed by atoms with Crippen LogP contribution in [0.5, 0.6) is 0 Å². The lowest BCUT2D eigenvalue weighted by Gasteiger charge is -2.46. The van der Waals surface area contributed by atoms with E-state index >= 15 is 0 Å². The number of hydrogen-bond acceptors (Lipinski definition) is 12. The summed E-state index contributed by atoms with van der Waals surface area (Å²) in [4.78, 5) is 12.8. The summed E-state index contributed by atoms with van der Waals surface area (Å²) in [7, 11) is 1.57. The molecule has 0 saturated carbocycles. The maximum atomic E-state index is 12.8. The van der Waals surface area contributed by atoms with E-state index in [4.69, 9.17) is 52.1 Å². The van der Waals surface area contributed by atoms with Crippen LogP contribution >= 0.6 is 0 Å². The highest BCUT2D eigenvalue weighted by molar-refractivity contribution is 5.63. The topological polar surface area (TPSA) is 119 Å². The van der Waals surface area contributed by atoms with E-state index < -0.39 is 67.6 Å². The van der Waals surface area contributed by atoms with Crippen molar-refractivity contribution in [3.63, 3.8) is 0 Å². The lowest BCUT2D eigenvalue weighted by Crippen LogP contribution is -2.63. The van der Waals surface area contributed by atoms with Gasteiger partial charge in [-0.2, -0.15) is 0 Å². The summed E-state index contributed by atoms with van der Waals surface area (Å²) >= 11 is 0. The Kier molecular flexibility index (Phi) is 15.2. The molecule has 12 heteroatoms. The molecular formula is C49H52O12. The number of methoxy groups -OCH3 is 1. The van der Waals surface area contributed by atoms with Crippen LogP contribution in [0.1, 0.15) is 27.8 Å². The second kappa shape index (κ2) is 21.7. The van der Waals surface area contributed by atoms with E-state index in [-0.39, 0.29) is 39.6 Å². The van der Waals surface area contributed by atoms with Gasteiger partial charge in [0.05, 0.1) is 46.2 Å². The molecule has 3 heterocycles. The van der Waals surface area contributed by atoms with E-state index in [1.54, 1.807) is 7.11 Å². The molecule has 10 atom stereocenters. The molecule has 61 heavy (non-hydrogen) atoms. The van der Waals surface area contributed by atoms with Crippen LogP contribution in [0.25, 0.3) is 0 Å². The first-order chi connectivity index (χ1) is 30.1. The summed E-state index contributed by atoms with van der Waals surface area (Å²) in [6, 6.07) is 49.3. The number of carbonyl (C=O) groups is 1. The molecule has 12 nitrogen and oxygen atoms in total. The number of rotatable bonds is 20. The quantitative estimate of drug-likeness (QED) is 0.0721. The summed E-state index contributed by atoms with van der Waals surface area (Å²) in [5, 5.41) is 0. The molecule has 0 unspecified atom stereocenters. The van der Waals surface area contributed by atoms with Gasteiger partial charge in [0.25, 0.3) is 0 Å². The van der Waals surface area contributed by atoms with Crippen LogP contribution < -0.4 is 0 Å². The smallest absolute Gasteiger partial charge is 0.424 e. The third-order valence-corrected chi connectivity index (χ3v) is 10.8. The third kappa shape index (κ3) is 11.5. The van der Waals surface area contributed by atoms with Gasteiger partial charge in [0, 0.05) is 7.11 Å². The third-order valence-electron chi connectivity index (χ3n) is 10.8. The molecular weight excluding hydrogens is 781 g/mol. The van der Waals surface area contributed by atoms with Gasteiger partial charge in [0.15, 0.2) is 24.8 Å². The zero-order chi connectivity index (χ0) is 41.6. The average molecular weight is 833 g/mol. The SMILES string of the molecule is CO[C@H]1O[C@H](CO[C@H]2O[C@H](COCc3ccccc3)[C@@H](OCc3ccccc3)[C@@H]3OC(=O)O[C@@H]23)[C@@H](OCc2ccccc2)[C@H](OCc2ccccc2)[C@H]1OCc1ccccc1. The molecule has 0 N–H and O–H groups in total. The number of hydrogen-bond donors (Lipinski definition) is 0. The van der Waals surface area contributed by atoms with E-state index in [1.807, 2.05) is 152 Å². The molecule has 320 valence electrons. The monoisotopic (exact) mass is 832 g/mol. The molecule has 0 amide bonds. The molecule has 0 aromatic heterocycles. The molecule has 3 aliphatic heterocycles. The Labute approximate surface area is 356 Å². The summed E-state index contributed by atoms with van der Waals surface area (Å²) in [5.41, 5.74) is 4.88. The van der Waals surface area contributed by atoms with E-state index in [9.17, 15) is 4.79 Å². The predicted octanol–water partition coefficient (Wildman–Crippen LogP) is 7.56. The van der Waals surface area contributed by atoms with Crippen molar-refractivity contribution in [2.45, 2.75) is 94.4 Å². The fraction of sp³-hybridized carbons (Fsp3) is 0.367. The number of carbonyl (C=O) groups excluding carboxylic acids is 1. The first-order valence-corrected chi connectivity index (χ1v) is 20.7. The summed E-state index contributed by atoms with van der Waals surface area (Å²) in [5.74, 6) is 0. The van der Waals surface area contributed by atoms with Crippen LogP contribution in [0.4, 0.5) is 4.79 Å². The Morgan fingerprint density at radius 1 is 0.410 bits per heavy atom. The zero-order valence-corrected chi connectivity index (χ0v) is 34.1. The van der Waals surface area contributed by atoms with Crippen molar-refractivity contribution in [1.82, 2.24) is 0 Å². The second-order valence-corrected chi connectivity index (χ2v) is 15.1. The van der Waals surface area contributed by atoms with E-state index in [2.05, 4.69) is 0 Å². The molecule has 8 rings (SSSR count). The van der Waals surface area contributed by atoms with Gasteiger partial charge in [0.2, 0.25) is 0 Å². The molecule has 3 fully saturated rings. The average Bonchev–Trinajstić information content (AvgIpc) is 3.71. The molecule has 0 radical (unpaired) electrons. The number of ether oxygens (including phenoxy) is 11. The summed E-state index contributed by atoms with van der Waals surface area (Å²) in [6.07, 6.45) is -8.84. The van der Waals surface area contributed by atoms with Crippen LogP contribution in [0, 0.1) is 0 Å². The zero-order valence-electron chi connectivity index (χ0n) is 34.1. The predicted molar refractivity (Wildman–Crippen MR) is 222 cm³/mol. The Morgan fingerprint density at radius 3 is 1.30 bits per heavy atom. The van der Waals surface area contributed by atoms with Crippen molar-refractivity contribution < 1.29 is 56.9 Å². The Hall–Kier alpha value is -4.99. The Balaban J connectivity index is 1.04. The molecule has 0 aliphatic carbocycles. The standard InChI is InChI=1S/C49H52O12/c1-51-47-45(56-31-38-25-15-6-16-26-38)43(55-30-37-23-13-5-14-24-37)41(53-28-35-19-9-3-10-20-35)40(58-47)33-57-48-46-44(60-49(50)61-46)42(54-29-36-21-11-4-12-22-36)39(59-48)32-52-27-34-17-7-2-8-18-34/h2-26,39-48H,27-33H2,1H3/t39-,40-,41-,42-,43+,44+,45-,46-,47+,48+/m1/s1. The maximum Gasteiger partial charge on any atom is 0.509 e. The lowest BCUT2D eigenvalue weighted by molar-refractivity contribution is -0.338. The van der Waals surface area contributed by atoms with Crippen molar-refractivity contribution in [3.8, 4) is 0 Å². The summed E-state index contributed by atoms with van der Waals surface area (Å²) < 4.78 is 70.1. The fourth-order valence-corrected chi connectivity index (χ4v) is 7.75.